The number of hydrogen-bond donors (Lipinski definition) is 0. The van der Waals surface area contributed by atoms with Gasteiger partial charge in [0.25, 0.3) is 0 Å². The van der Waals surface area contributed by atoms with Gasteiger partial charge in [0.15, 0.2) is 6.10 Å². The van der Waals surface area contributed by atoms with E-state index in [0.29, 0.717) is 19.3 Å². The number of hydrogen-bond acceptors (Lipinski definition) is 6. The Labute approximate surface area is 493 Å². The summed E-state index contributed by atoms with van der Waals surface area (Å²) in [7, 11) is 0. The molecule has 0 fully saturated rings. The highest BCUT2D eigenvalue weighted by Crippen LogP contribution is 2.19. The Hall–Kier alpha value is -2.37. The van der Waals surface area contributed by atoms with Gasteiger partial charge in [0, 0.05) is 19.3 Å². The molecular formula is C73H136O6. The summed E-state index contributed by atoms with van der Waals surface area (Å²) in [4.78, 5) is 38.4. The van der Waals surface area contributed by atoms with Gasteiger partial charge in [0.05, 0.1) is 0 Å². The Morgan fingerprint density at radius 2 is 0.456 bits per heavy atom. The monoisotopic (exact) mass is 1110 g/mol. The van der Waals surface area contributed by atoms with E-state index in [2.05, 4.69) is 57.2 Å². The number of carbonyl (C=O) groups is 3. The van der Waals surface area contributed by atoms with E-state index in [1.54, 1.807) is 0 Å². The van der Waals surface area contributed by atoms with Crippen LogP contribution >= 0.6 is 0 Å². The van der Waals surface area contributed by atoms with Gasteiger partial charge in [-0.05, 0) is 57.8 Å². The van der Waals surface area contributed by atoms with Crippen molar-refractivity contribution >= 4 is 17.9 Å². The predicted octanol–water partition coefficient (Wildman–Crippen LogP) is 24.3. The topological polar surface area (TPSA) is 78.9 Å². The molecule has 6 nitrogen and oxygen atoms in total. The molecule has 0 N–H and O–H groups in total. The van der Waals surface area contributed by atoms with E-state index in [1.807, 2.05) is 0 Å². The summed E-state index contributed by atoms with van der Waals surface area (Å²) in [6, 6.07) is 0. The molecule has 0 radical (unpaired) electrons. The fraction of sp³-hybridized carbons (Fsp3) is 0.877. The van der Waals surface area contributed by atoms with Gasteiger partial charge in [-0.1, -0.05) is 353 Å². The number of rotatable bonds is 66. The summed E-state index contributed by atoms with van der Waals surface area (Å²) in [5.41, 5.74) is 0. The van der Waals surface area contributed by atoms with Crippen LogP contribution < -0.4 is 0 Å². The van der Waals surface area contributed by atoms with Gasteiger partial charge in [-0.2, -0.15) is 0 Å². The minimum Gasteiger partial charge on any atom is -0.462 e. The molecule has 464 valence electrons. The van der Waals surface area contributed by atoms with Gasteiger partial charge >= 0.3 is 17.9 Å². The first kappa shape index (κ1) is 76.6. The minimum absolute atomic E-state index is 0.0645. The predicted molar refractivity (Wildman–Crippen MR) is 344 cm³/mol. The fourth-order valence-electron chi connectivity index (χ4n) is 10.8. The van der Waals surface area contributed by atoms with Crippen molar-refractivity contribution in [1.29, 1.82) is 0 Å². The highest BCUT2D eigenvalue weighted by atomic mass is 16.6. The zero-order valence-corrected chi connectivity index (χ0v) is 53.4. The second kappa shape index (κ2) is 68.1. The van der Waals surface area contributed by atoms with Gasteiger partial charge < -0.3 is 14.2 Å². The largest absolute Gasteiger partial charge is 0.462 e. The second-order valence-electron chi connectivity index (χ2n) is 24.2. The molecular weight excluding hydrogens is 973 g/mol. The van der Waals surface area contributed by atoms with Crippen LogP contribution in [0.25, 0.3) is 0 Å². The average Bonchev–Trinajstić information content (AvgIpc) is 3.45. The molecule has 0 amide bonds. The van der Waals surface area contributed by atoms with Gasteiger partial charge in [0.1, 0.15) is 13.2 Å². The lowest BCUT2D eigenvalue weighted by Gasteiger charge is -2.18. The van der Waals surface area contributed by atoms with E-state index < -0.39 is 6.10 Å². The first-order valence-corrected chi connectivity index (χ1v) is 35.5. The number of carbonyl (C=O) groups excluding carboxylic acids is 3. The Bertz CT molecular complexity index is 1320. The van der Waals surface area contributed by atoms with Crippen LogP contribution in [-0.2, 0) is 28.6 Å². The lowest BCUT2D eigenvalue weighted by Crippen LogP contribution is -2.30. The smallest absolute Gasteiger partial charge is 0.306 e. The van der Waals surface area contributed by atoms with Crippen LogP contribution in [0.2, 0.25) is 0 Å². The van der Waals surface area contributed by atoms with Crippen molar-refractivity contribution in [2.75, 3.05) is 13.2 Å². The Morgan fingerprint density at radius 3 is 0.709 bits per heavy atom. The van der Waals surface area contributed by atoms with Gasteiger partial charge in [0.2, 0.25) is 0 Å². The van der Waals surface area contributed by atoms with E-state index in [9.17, 15) is 14.4 Å². The summed E-state index contributed by atoms with van der Waals surface area (Å²) in [6.07, 6.45) is 84.6. The summed E-state index contributed by atoms with van der Waals surface area (Å²) in [5.74, 6) is -0.833. The van der Waals surface area contributed by atoms with Crippen molar-refractivity contribution in [3.8, 4) is 0 Å². The molecule has 79 heavy (non-hydrogen) atoms. The molecule has 1 unspecified atom stereocenters. The molecule has 0 aromatic rings. The lowest BCUT2D eigenvalue weighted by molar-refractivity contribution is -0.167. The molecule has 0 bridgehead atoms. The number of unbranched alkanes of at least 4 members (excludes halogenated alkanes) is 49. The first-order chi connectivity index (χ1) is 39.0. The third-order valence-corrected chi connectivity index (χ3v) is 16.1. The molecule has 1 atom stereocenters. The molecule has 0 heterocycles. The average molecular weight is 1110 g/mol. The van der Waals surface area contributed by atoms with Crippen LogP contribution in [-0.4, -0.2) is 37.2 Å². The molecule has 0 aromatic carbocycles. The Balaban J connectivity index is 4.15. The standard InChI is InChI=1S/C73H136O6/c1-4-7-10-13-16-19-22-25-28-29-30-31-32-33-34-35-36-37-38-39-40-41-42-43-46-48-51-54-57-60-63-66-72(75)78-69-70(79-73(76)67-64-61-58-55-52-49-45-27-24-21-18-15-12-9-6-3)68-77-71(74)65-62-59-56-53-50-47-44-26-23-20-17-14-11-8-5-2/h22,25,29-30,32-33,70H,4-21,23-24,26-28,31,34-69H2,1-3H3/b25-22-,30-29-,33-32-. The highest BCUT2D eigenvalue weighted by molar-refractivity contribution is 5.71. The third kappa shape index (κ3) is 66.3. The number of ether oxygens (including phenoxy) is 3. The van der Waals surface area contributed by atoms with E-state index in [1.165, 1.54) is 283 Å². The van der Waals surface area contributed by atoms with Crippen molar-refractivity contribution in [2.24, 2.45) is 0 Å². The Kier molecular flexibility index (Phi) is 66.1. The molecule has 0 aromatic heterocycles. The quantitative estimate of drug-likeness (QED) is 0.0261. The molecule has 6 heteroatoms. The molecule has 0 saturated heterocycles. The van der Waals surface area contributed by atoms with Crippen LogP contribution in [0.1, 0.15) is 393 Å². The summed E-state index contributed by atoms with van der Waals surface area (Å²) >= 11 is 0. The molecule has 0 aliphatic rings. The van der Waals surface area contributed by atoms with Crippen LogP contribution in [0.15, 0.2) is 36.5 Å². The fourth-order valence-corrected chi connectivity index (χ4v) is 10.8. The summed E-state index contributed by atoms with van der Waals surface area (Å²) < 4.78 is 17.0. The maximum absolute atomic E-state index is 12.9. The minimum atomic E-state index is -0.767. The van der Waals surface area contributed by atoms with Gasteiger partial charge in [-0.3, -0.25) is 14.4 Å². The van der Waals surface area contributed by atoms with Gasteiger partial charge in [-0.25, -0.2) is 0 Å². The third-order valence-electron chi connectivity index (χ3n) is 16.1. The van der Waals surface area contributed by atoms with E-state index >= 15 is 0 Å². The normalized spacial score (nSPS) is 12.2. The maximum Gasteiger partial charge on any atom is 0.306 e. The van der Waals surface area contributed by atoms with Crippen LogP contribution in [0, 0.1) is 0 Å². The molecule has 0 spiro atoms. The highest BCUT2D eigenvalue weighted by Gasteiger charge is 2.19. The van der Waals surface area contributed by atoms with Gasteiger partial charge in [-0.15, -0.1) is 0 Å². The van der Waals surface area contributed by atoms with Crippen LogP contribution in [0.4, 0.5) is 0 Å². The first-order valence-electron chi connectivity index (χ1n) is 35.5. The van der Waals surface area contributed by atoms with Crippen molar-refractivity contribution in [1.82, 2.24) is 0 Å². The van der Waals surface area contributed by atoms with Crippen LogP contribution in [0.5, 0.6) is 0 Å². The summed E-state index contributed by atoms with van der Waals surface area (Å²) in [6.45, 7) is 6.70. The molecule has 0 aliphatic carbocycles. The number of allylic oxidation sites excluding steroid dienone is 6. The second-order valence-corrected chi connectivity index (χ2v) is 24.2. The van der Waals surface area contributed by atoms with E-state index in [4.69, 9.17) is 14.2 Å². The van der Waals surface area contributed by atoms with E-state index in [0.717, 1.165) is 70.6 Å². The summed E-state index contributed by atoms with van der Waals surface area (Å²) in [5, 5.41) is 0. The van der Waals surface area contributed by atoms with Crippen LogP contribution in [0.3, 0.4) is 0 Å². The Morgan fingerprint density at radius 1 is 0.253 bits per heavy atom. The molecule has 0 aliphatic heterocycles. The van der Waals surface area contributed by atoms with Crippen molar-refractivity contribution in [3.05, 3.63) is 36.5 Å². The zero-order chi connectivity index (χ0) is 57.1. The zero-order valence-electron chi connectivity index (χ0n) is 53.4. The SMILES string of the molecule is CCCCCCC/C=C\C/C=C\C/C=C\CCCCCCCCCCCCCCCCCCC(=O)OCC(COC(=O)CCCCCCCCCCCCCCCCC)OC(=O)CCCCCCCCCCCCCCCCC. The molecule has 0 rings (SSSR count). The van der Waals surface area contributed by atoms with E-state index in [-0.39, 0.29) is 31.1 Å². The van der Waals surface area contributed by atoms with Crippen molar-refractivity contribution < 1.29 is 28.6 Å². The van der Waals surface area contributed by atoms with Crippen molar-refractivity contribution in [2.45, 2.75) is 399 Å². The lowest BCUT2D eigenvalue weighted by atomic mass is 10.0. The number of esters is 3. The molecule has 0 saturated carbocycles. The van der Waals surface area contributed by atoms with Crippen molar-refractivity contribution in [3.63, 3.8) is 0 Å². The maximum atomic E-state index is 12.9.